The van der Waals surface area contributed by atoms with Gasteiger partial charge in [0.1, 0.15) is 23.2 Å². The summed E-state index contributed by atoms with van der Waals surface area (Å²) in [5, 5.41) is 3.27. The monoisotopic (exact) mass is 481 g/mol. The third-order valence-corrected chi connectivity index (χ3v) is 7.73. The number of likely N-dealkylation sites (tertiary alicyclic amines) is 1. The summed E-state index contributed by atoms with van der Waals surface area (Å²) in [7, 11) is 0. The minimum absolute atomic E-state index is 0.0576. The fraction of sp³-hybridized carbons (Fsp3) is 0.577. The van der Waals surface area contributed by atoms with Crippen molar-refractivity contribution in [2.75, 3.05) is 37.7 Å². The average Bonchev–Trinajstić information content (AvgIpc) is 3.53. The lowest BCUT2D eigenvalue weighted by molar-refractivity contribution is -0.0858. The van der Waals surface area contributed by atoms with E-state index in [1.54, 1.807) is 23.9 Å². The number of aromatic nitrogens is 3. The molecule has 1 unspecified atom stereocenters. The Morgan fingerprint density at radius 1 is 1.06 bits per heavy atom. The van der Waals surface area contributed by atoms with Crippen molar-refractivity contribution in [3.63, 3.8) is 0 Å². The van der Waals surface area contributed by atoms with Gasteiger partial charge in [-0.3, -0.25) is 4.90 Å². The molecule has 3 aromatic heterocycles. The second kappa shape index (κ2) is 10.5. The summed E-state index contributed by atoms with van der Waals surface area (Å²) in [6.45, 7) is 11.2. The van der Waals surface area contributed by atoms with Gasteiger partial charge < -0.3 is 14.4 Å². The van der Waals surface area contributed by atoms with E-state index in [2.05, 4.69) is 38.1 Å². The number of hydrogen-bond donors (Lipinski definition) is 0. The van der Waals surface area contributed by atoms with Crippen LogP contribution >= 0.6 is 11.3 Å². The number of nitrogens with zero attached hydrogens (tertiary/aromatic N) is 5. The van der Waals surface area contributed by atoms with Crippen LogP contribution in [0.1, 0.15) is 46.5 Å². The number of anilines is 1. The Morgan fingerprint density at radius 3 is 2.59 bits per heavy atom. The highest BCUT2D eigenvalue weighted by Gasteiger charge is 2.33. The second-order valence-electron chi connectivity index (χ2n) is 9.46. The van der Waals surface area contributed by atoms with Gasteiger partial charge in [-0.05, 0) is 58.6 Å². The van der Waals surface area contributed by atoms with E-state index < -0.39 is 0 Å². The molecule has 0 aliphatic carbocycles. The Morgan fingerprint density at radius 2 is 1.85 bits per heavy atom. The molecule has 0 aromatic carbocycles. The summed E-state index contributed by atoms with van der Waals surface area (Å²) in [6.07, 6.45) is 8.60. The van der Waals surface area contributed by atoms with Gasteiger partial charge in [0.15, 0.2) is 0 Å². The molecule has 2 fully saturated rings. The molecule has 0 N–H and O–H groups in total. The molecule has 0 radical (unpaired) electrons. The number of rotatable bonds is 8. The average molecular weight is 482 g/mol. The highest BCUT2D eigenvalue weighted by molar-refractivity contribution is 7.17. The van der Waals surface area contributed by atoms with Crippen LogP contribution in [0.5, 0.6) is 5.88 Å². The molecule has 0 amide bonds. The summed E-state index contributed by atoms with van der Waals surface area (Å²) in [5.41, 5.74) is 2.10. The molecule has 34 heavy (non-hydrogen) atoms. The number of pyridine rings is 1. The van der Waals surface area contributed by atoms with Crippen LogP contribution in [0, 0.1) is 5.92 Å². The Bertz CT molecular complexity index is 1090. The zero-order chi connectivity index (χ0) is 23.5. The summed E-state index contributed by atoms with van der Waals surface area (Å²) in [5.74, 6) is 2.25. The smallest absolute Gasteiger partial charge is 0.221 e. The number of ether oxygens (including phenoxy) is 2. The van der Waals surface area contributed by atoms with Gasteiger partial charge in [0.2, 0.25) is 5.88 Å². The molecule has 2 aliphatic heterocycles. The molecular formula is C26H35N5O2S. The van der Waals surface area contributed by atoms with E-state index in [9.17, 15) is 0 Å². The molecule has 7 nitrogen and oxygen atoms in total. The predicted molar refractivity (Wildman–Crippen MR) is 138 cm³/mol. The van der Waals surface area contributed by atoms with Crippen molar-refractivity contribution in [1.29, 1.82) is 0 Å². The Balaban J connectivity index is 1.41. The fourth-order valence-corrected chi connectivity index (χ4v) is 6.21. The summed E-state index contributed by atoms with van der Waals surface area (Å²) >= 11 is 1.66. The van der Waals surface area contributed by atoms with Crippen molar-refractivity contribution in [3.8, 4) is 17.0 Å². The van der Waals surface area contributed by atoms with Gasteiger partial charge in [0.05, 0.1) is 11.5 Å². The van der Waals surface area contributed by atoms with Gasteiger partial charge in [0.25, 0.3) is 0 Å². The van der Waals surface area contributed by atoms with Crippen molar-refractivity contribution in [1.82, 2.24) is 19.9 Å². The molecule has 0 saturated carbocycles. The normalized spacial score (nSPS) is 18.8. The zero-order valence-corrected chi connectivity index (χ0v) is 21.3. The lowest BCUT2D eigenvalue weighted by Gasteiger charge is -2.40. The summed E-state index contributed by atoms with van der Waals surface area (Å²) in [6, 6.07) is 4.05. The highest BCUT2D eigenvalue weighted by Crippen LogP contribution is 2.42. The van der Waals surface area contributed by atoms with Gasteiger partial charge in [-0.2, -0.15) is 0 Å². The van der Waals surface area contributed by atoms with Crippen molar-refractivity contribution in [2.24, 2.45) is 5.92 Å². The molecule has 182 valence electrons. The van der Waals surface area contributed by atoms with Gasteiger partial charge in [0, 0.05) is 61.4 Å². The van der Waals surface area contributed by atoms with Crippen molar-refractivity contribution in [3.05, 3.63) is 30.0 Å². The van der Waals surface area contributed by atoms with E-state index in [-0.39, 0.29) is 12.3 Å². The second-order valence-corrected chi connectivity index (χ2v) is 10.3. The SMILES string of the molecule is CCOC(C1CCN(c2ncnc3scc(-c4cccnc4OC(C)C)c23)CC1)N1CCCC1. The molecule has 5 rings (SSSR count). The zero-order valence-electron chi connectivity index (χ0n) is 20.4. The van der Waals surface area contributed by atoms with Gasteiger partial charge in [-0.1, -0.05) is 0 Å². The molecule has 3 aromatic rings. The first-order valence-corrected chi connectivity index (χ1v) is 13.5. The largest absolute Gasteiger partial charge is 0.475 e. The van der Waals surface area contributed by atoms with E-state index in [1.165, 1.54) is 25.9 Å². The maximum Gasteiger partial charge on any atom is 0.221 e. The van der Waals surface area contributed by atoms with Gasteiger partial charge in [-0.25, -0.2) is 15.0 Å². The van der Waals surface area contributed by atoms with E-state index >= 15 is 0 Å². The fourth-order valence-electron chi connectivity index (χ4n) is 5.31. The number of thiophene rings is 1. The minimum Gasteiger partial charge on any atom is -0.475 e. The molecule has 8 heteroatoms. The van der Waals surface area contributed by atoms with Crippen molar-refractivity contribution < 1.29 is 9.47 Å². The number of piperidine rings is 1. The lowest BCUT2D eigenvalue weighted by Crippen LogP contribution is -2.46. The van der Waals surface area contributed by atoms with Crippen LogP contribution < -0.4 is 9.64 Å². The Hall–Kier alpha value is -2.29. The van der Waals surface area contributed by atoms with Crippen LogP contribution in [0.4, 0.5) is 5.82 Å². The molecule has 2 aliphatic rings. The van der Waals surface area contributed by atoms with Crippen LogP contribution in [0.15, 0.2) is 30.0 Å². The molecule has 0 bridgehead atoms. The molecule has 0 spiro atoms. The molecule has 2 saturated heterocycles. The molecule has 1 atom stereocenters. The van der Waals surface area contributed by atoms with Crippen LogP contribution in [0.2, 0.25) is 0 Å². The highest BCUT2D eigenvalue weighted by atomic mass is 32.1. The van der Waals surface area contributed by atoms with Crippen molar-refractivity contribution in [2.45, 2.75) is 58.8 Å². The standard InChI is InChI=1S/C26H35N5O2S/c1-4-32-26(31-12-5-6-13-31)19-9-14-30(15-10-19)23-22-21(16-34-25(22)29-17-28-23)20-8-7-11-27-24(20)33-18(2)3/h7-8,11,16-19,26H,4-6,9-10,12-15H2,1-3H3. The first-order valence-electron chi connectivity index (χ1n) is 12.6. The minimum atomic E-state index is 0.0576. The van der Waals surface area contributed by atoms with Gasteiger partial charge in [-0.15, -0.1) is 11.3 Å². The van der Waals surface area contributed by atoms with Crippen molar-refractivity contribution >= 4 is 27.4 Å². The molecular weight excluding hydrogens is 446 g/mol. The maximum atomic E-state index is 6.25. The van der Waals surface area contributed by atoms with Crippen LogP contribution in [-0.2, 0) is 4.74 Å². The topological polar surface area (TPSA) is 63.6 Å². The van der Waals surface area contributed by atoms with Crippen LogP contribution in [0.3, 0.4) is 0 Å². The van der Waals surface area contributed by atoms with E-state index in [4.69, 9.17) is 14.5 Å². The number of fused-ring (bicyclic) bond motifs is 1. The van der Waals surface area contributed by atoms with E-state index in [0.717, 1.165) is 59.7 Å². The van der Waals surface area contributed by atoms with Crippen LogP contribution in [-0.4, -0.2) is 65.0 Å². The first kappa shape index (κ1) is 23.5. The first-order chi connectivity index (χ1) is 16.7. The third kappa shape index (κ3) is 4.76. The Kier molecular flexibility index (Phi) is 7.27. The van der Waals surface area contributed by atoms with E-state index in [0.29, 0.717) is 11.8 Å². The predicted octanol–water partition coefficient (Wildman–Crippen LogP) is 5.22. The maximum absolute atomic E-state index is 6.25. The van der Waals surface area contributed by atoms with Gasteiger partial charge >= 0.3 is 0 Å². The molecule has 5 heterocycles. The Labute approximate surface area is 206 Å². The van der Waals surface area contributed by atoms with Crippen LogP contribution in [0.25, 0.3) is 21.3 Å². The lowest BCUT2D eigenvalue weighted by atomic mass is 9.93. The summed E-state index contributed by atoms with van der Waals surface area (Å²) < 4.78 is 12.3. The van der Waals surface area contributed by atoms with E-state index in [1.807, 2.05) is 19.9 Å². The quantitative estimate of drug-likeness (QED) is 0.437. The summed E-state index contributed by atoms with van der Waals surface area (Å²) in [4.78, 5) is 19.9. The number of hydrogen-bond acceptors (Lipinski definition) is 8. The third-order valence-electron chi connectivity index (χ3n) is 6.84.